The molecule has 0 radical (unpaired) electrons. The van der Waals surface area contributed by atoms with Crippen molar-refractivity contribution in [2.24, 2.45) is 0 Å². The van der Waals surface area contributed by atoms with E-state index >= 15 is 0 Å². The predicted molar refractivity (Wildman–Crippen MR) is 82.3 cm³/mol. The zero-order valence-corrected chi connectivity index (χ0v) is 12.9. The van der Waals surface area contributed by atoms with Crippen molar-refractivity contribution >= 4 is 23.5 Å². The Labute approximate surface area is 127 Å². The summed E-state index contributed by atoms with van der Waals surface area (Å²) in [4.78, 5) is 12.0. The highest BCUT2D eigenvalue weighted by Gasteiger charge is 2.23. The van der Waals surface area contributed by atoms with Crippen LogP contribution in [0.15, 0.2) is 29.3 Å². The molecular weight excluding hydrogens is 290 g/mol. The number of ether oxygens (including phenoxy) is 2. The molecule has 0 fully saturated rings. The summed E-state index contributed by atoms with van der Waals surface area (Å²) in [5.41, 5.74) is 7.10. The van der Waals surface area contributed by atoms with Gasteiger partial charge in [0.1, 0.15) is 22.2 Å². The largest absolute Gasteiger partial charge is 0.497 e. The summed E-state index contributed by atoms with van der Waals surface area (Å²) in [5.74, 6) is 0.477. The molecule has 21 heavy (non-hydrogen) atoms. The molecule has 0 aliphatic rings. The van der Waals surface area contributed by atoms with Gasteiger partial charge in [0.25, 0.3) is 0 Å². The van der Waals surface area contributed by atoms with Gasteiger partial charge in [-0.3, -0.25) is 0 Å². The maximum Gasteiger partial charge on any atom is 0.344 e. The number of nitrogen functional groups attached to an aromatic ring is 1. The highest BCUT2D eigenvalue weighted by Crippen LogP contribution is 2.29. The van der Waals surface area contributed by atoms with E-state index in [1.54, 1.807) is 20.1 Å². The van der Waals surface area contributed by atoms with Crippen LogP contribution >= 0.6 is 11.8 Å². The van der Waals surface area contributed by atoms with Gasteiger partial charge < -0.3 is 15.2 Å². The minimum Gasteiger partial charge on any atom is -0.497 e. The first-order chi connectivity index (χ1) is 10.1. The minimum absolute atomic E-state index is 0.256. The highest BCUT2D eigenvalue weighted by atomic mass is 32.2. The quantitative estimate of drug-likeness (QED) is 0.675. The number of rotatable bonds is 5. The number of carbonyl (C=O) groups excluding carboxylic acids is 1. The maximum absolute atomic E-state index is 12.0. The first-order valence-corrected chi connectivity index (χ1v) is 7.58. The summed E-state index contributed by atoms with van der Waals surface area (Å²) >= 11 is 1.35. The van der Waals surface area contributed by atoms with E-state index in [1.807, 2.05) is 24.5 Å². The summed E-state index contributed by atoms with van der Waals surface area (Å²) in [6.07, 6.45) is 1.83. The lowest BCUT2D eigenvalue weighted by Crippen LogP contribution is -2.09. The molecule has 1 aromatic carbocycles. The Kier molecular flexibility index (Phi) is 4.74. The fourth-order valence-electron chi connectivity index (χ4n) is 1.89. The van der Waals surface area contributed by atoms with Crippen LogP contribution in [0.25, 0.3) is 5.69 Å². The van der Waals surface area contributed by atoms with E-state index in [4.69, 9.17) is 15.2 Å². The molecule has 2 N–H and O–H groups in total. The number of aromatic nitrogens is 2. The van der Waals surface area contributed by atoms with E-state index in [0.29, 0.717) is 16.3 Å². The van der Waals surface area contributed by atoms with Gasteiger partial charge in [0.2, 0.25) is 0 Å². The lowest BCUT2D eigenvalue weighted by molar-refractivity contribution is 0.0523. The molecule has 0 unspecified atom stereocenters. The molecule has 0 bridgehead atoms. The van der Waals surface area contributed by atoms with Gasteiger partial charge in [-0.25, -0.2) is 9.48 Å². The minimum atomic E-state index is -0.464. The van der Waals surface area contributed by atoms with Crippen molar-refractivity contribution in [3.8, 4) is 11.4 Å². The average Bonchev–Trinajstić information content (AvgIpc) is 2.84. The van der Waals surface area contributed by atoms with E-state index in [1.165, 1.54) is 16.4 Å². The summed E-state index contributed by atoms with van der Waals surface area (Å²) in [7, 11) is 1.59. The van der Waals surface area contributed by atoms with Crippen molar-refractivity contribution in [1.29, 1.82) is 0 Å². The molecule has 0 spiro atoms. The van der Waals surface area contributed by atoms with E-state index in [2.05, 4.69) is 5.10 Å². The Hall–Kier alpha value is -2.15. The number of esters is 1. The van der Waals surface area contributed by atoms with Crippen molar-refractivity contribution in [2.45, 2.75) is 11.9 Å². The predicted octanol–water partition coefficient (Wildman–Crippen LogP) is 2.36. The molecule has 0 saturated carbocycles. The average molecular weight is 307 g/mol. The van der Waals surface area contributed by atoms with Crippen molar-refractivity contribution < 1.29 is 14.3 Å². The number of methoxy groups -OCH3 is 1. The van der Waals surface area contributed by atoms with Crippen molar-refractivity contribution in [3.05, 3.63) is 29.8 Å². The smallest absolute Gasteiger partial charge is 0.344 e. The molecule has 0 saturated heterocycles. The molecule has 0 aliphatic heterocycles. The van der Waals surface area contributed by atoms with Gasteiger partial charge in [-0.15, -0.1) is 11.8 Å². The van der Waals surface area contributed by atoms with Gasteiger partial charge in [0, 0.05) is 6.07 Å². The molecule has 0 atom stereocenters. The Morgan fingerprint density at radius 1 is 1.48 bits per heavy atom. The van der Waals surface area contributed by atoms with E-state index in [9.17, 15) is 4.79 Å². The zero-order valence-electron chi connectivity index (χ0n) is 12.1. The van der Waals surface area contributed by atoms with Crippen LogP contribution in [0.3, 0.4) is 0 Å². The zero-order chi connectivity index (χ0) is 15.4. The first kappa shape index (κ1) is 15.2. The van der Waals surface area contributed by atoms with Crippen LogP contribution in [0.4, 0.5) is 5.82 Å². The van der Waals surface area contributed by atoms with Gasteiger partial charge >= 0.3 is 5.97 Å². The van der Waals surface area contributed by atoms with Crippen LogP contribution in [0.1, 0.15) is 17.3 Å². The van der Waals surface area contributed by atoms with Gasteiger partial charge in [0.05, 0.1) is 19.4 Å². The Bertz CT molecular complexity index is 655. The second kappa shape index (κ2) is 6.53. The SMILES string of the molecule is CCOC(=O)c1c(SC)nn(-c2cccc(OC)c2)c1N. The first-order valence-electron chi connectivity index (χ1n) is 6.36. The molecule has 1 aromatic heterocycles. The molecule has 2 rings (SSSR count). The third-order valence-electron chi connectivity index (χ3n) is 2.86. The van der Waals surface area contributed by atoms with E-state index in [0.717, 1.165) is 5.69 Å². The number of nitrogens with two attached hydrogens (primary N) is 1. The molecule has 1 heterocycles. The Morgan fingerprint density at radius 3 is 2.86 bits per heavy atom. The summed E-state index contributed by atoms with van der Waals surface area (Å²) in [6.45, 7) is 2.04. The van der Waals surface area contributed by atoms with Crippen LogP contribution in [0.2, 0.25) is 0 Å². The maximum atomic E-state index is 12.0. The molecule has 112 valence electrons. The summed E-state index contributed by atoms with van der Waals surface area (Å²) < 4.78 is 11.7. The van der Waals surface area contributed by atoms with E-state index in [-0.39, 0.29) is 12.4 Å². The van der Waals surface area contributed by atoms with Crippen LogP contribution in [0.5, 0.6) is 5.75 Å². The third kappa shape index (κ3) is 2.97. The number of thioether (sulfide) groups is 1. The monoisotopic (exact) mass is 307 g/mol. The summed E-state index contributed by atoms with van der Waals surface area (Å²) in [5, 5.41) is 4.91. The van der Waals surface area contributed by atoms with Crippen molar-refractivity contribution in [1.82, 2.24) is 9.78 Å². The van der Waals surface area contributed by atoms with Gasteiger partial charge in [-0.2, -0.15) is 5.10 Å². The number of nitrogens with zero attached hydrogens (tertiary/aromatic N) is 2. The van der Waals surface area contributed by atoms with Crippen LogP contribution in [-0.4, -0.2) is 35.7 Å². The van der Waals surface area contributed by atoms with Crippen LogP contribution in [-0.2, 0) is 4.74 Å². The molecule has 6 nitrogen and oxygen atoms in total. The topological polar surface area (TPSA) is 79.4 Å². The molecule has 0 amide bonds. The standard InChI is InChI=1S/C14H17N3O3S/c1-4-20-14(18)11-12(15)17(16-13(11)21-3)9-6-5-7-10(8-9)19-2/h5-8H,4,15H2,1-3H3. The van der Waals surface area contributed by atoms with Crippen LogP contribution < -0.4 is 10.5 Å². The lowest BCUT2D eigenvalue weighted by Gasteiger charge is -2.06. The van der Waals surface area contributed by atoms with Gasteiger partial charge in [-0.1, -0.05) is 6.07 Å². The summed E-state index contributed by atoms with van der Waals surface area (Å²) in [6, 6.07) is 7.29. The lowest BCUT2D eigenvalue weighted by atomic mass is 10.3. The third-order valence-corrected chi connectivity index (χ3v) is 3.53. The van der Waals surface area contributed by atoms with Crippen molar-refractivity contribution in [3.63, 3.8) is 0 Å². The fourth-order valence-corrected chi connectivity index (χ4v) is 2.44. The number of hydrogen-bond acceptors (Lipinski definition) is 6. The Balaban J connectivity index is 2.52. The molecule has 2 aromatic rings. The van der Waals surface area contributed by atoms with Gasteiger partial charge in [0.15, 0.2) is 0 Å². The fraction of sp³-hybridized carbons (Fsp3) is 0.286. The number of carbonyl (C=O) groups is 1. The van der Waals surface area contributed by atoms with Gasteiger partial charge in [-0.05, 0) is 25.3 Å². The number of hydrogen-bond donors (Lipinski definition) is 1. The number of benzene rings is 1. The molecule has 7 heteroatoms. The Morgan fingerprint density at radius 2 is 2.24 bits per heavy atom. The second-order valence-corrected chi connectivity index (χ2v) is 4.90. The van der Waals surface area contributed by atoms with E-state index < -0.39 is 5.97 Å². The van der Waals surface area contributed by atoms with Crippen LogP contribution in [0, 0.1) is 0 Å². The van der Waals surface area contributed by atoms with Crippen molar-refractivity contribution in [2.75, 3.05) is 25.7 Å². The normalized spacial score (nSPS) is 10.4. The second-order valence-electron chi connectivity index (χ2n) is 4.10. The highest BCUT2D eigenvalue weighted by molar-refractivity contribution is 7.98. The number of anilines is 1. The molecular formula is C14H17N3O3S. The molecule has 0 aliphatic carbocycles.